The van der Waals surface area contributed by atoms with E-state index in [1.54, 1.807) is 0 Å². The molecule has 6 atom stereocenters. The van der Waals surface area contributed by atoms with E-state index in [4.69, 9.17) is 32.7 Å². The van der Waals surface area contributed by atoms with Crippen LogP contribution in [0.2, 0.25) is 0 Å². The van der Waals surface area contributed by atoms with Gasteiger partial charge < -0.3 is 14.6 Å². The van der Waals surface area contributed by atoms with Gasteiger partial charge in [0.25, 0.3) is 11.8 Å². The summed E-state index contributed by atoms with van der Waals surface area (Å²) in [6.45, 7) is -1.10. The third-order valence-corrected chi connectivity index (χ3v) is 10.4. The van der Waals surface area contributed by atoms with Crippen LogP contribution in [0.4, 0.5) is 27.6 Å². The average Bonchev–Trinajstić information content (AvgIpc) is 3.61. The molecule has 2 aliphatic heterocycles. The van der Waals surface area contributed by atoms with Crippen LogP contribution in [-0.4, -0.2) is 61.0 Å². The summed E-state index contributed by atoms with van der Waals surface area (Å²) in [5, 5.41) is 18.7. The van der Waals surface area contributed by atoms with Crippen molar-refractivity contribution in [1.82, 2.24) is 4.90 Å². The molecule has 0 radical (unpaired) electrons. The van der Waals surface area contributed by atoms with Crippen LogP contribution in [0, 0.1) is 46.8 Å². The summed E-state index contributed by atoms with van der Waals surface area (Å²) in [6.07, 6.45) is 0.0791. The molecule has 0 spiro atoms. The Labute approximate surface area is 258 Å². The number of nitrogens with zero attached hydrogens (tertiary/aromatic N) is 2. The quantitative estimate of drug-likeness (QED) is 0.118. The maximum atomic E-state index is 15.0. The highest BCUT2D eigenvalue weighted by molar-refractivity contribution is 6.58. The second kappa shape index (κ2) is 10.4. The maximum absolute atomic E-state index is 15.0. The van der Waals surface area contributed by atoms with E-state index in [9.17, 15) is 51.0 Å². The lowest BCUT2D eigenvalue weighted by molar-refractivity contribution is -0.142. The van der Waals surface area contributed by atoms with Gasteiger partial charge in [0.15, 0.2) is 33.0 Å². The molecule has 3 heterocycles. The minimum Gasteiger partial charge on any atom is -0.481 e. The molecular weight excluding hydrogens is 658 g/mol. The number of carboxylic acids is 1. The Morgan fingerprint density at radius 3 is 2.13 bits per heavy atom. The number of allylic oxidation sites excluding steroid dienone is 2. The number of furan rings is 1. The second-order valence-electron chi connectivity index (χ2n) is 11.1. The van der Waals surface area contributed by atoms with E-state index in [-0.39, 0.29) is 28.4 Å². The van der Waals surface area contributed by atoms with Crippen molar-refractivity contribution in [2.24, 2.45) is 17.8 Å². The number of aliphatic hydroxyl groups is 1. The molecule has 238 valence electrons. The summed E-state index contributed by atoms with van der Waals surface area (Å²) in [4.78, 5) is 61.0. The molecule has 10 nitrogen and oxygen atoms in total. The fraction of sp³-hybridized carbons (Fsp3) is 0.393. The second-order valence-corrected chi connectivity index (χ2v) is 12.4. The van der Waals surface area contributed by atoms with Crippen LogP contribution in [0.15, 0.2) is 28.2 Å². The number of aliphatic carboxylic acids is 1. The summed E-state index contributed by atoms with van der Waals surface area (Å²) >= 11 is 13.9. The zero-order valence-corrected chi connectivity index (χ0v) is 24.0. The summed E-state index contributed by atoms with van der Waals surface area (Å²) in [5.74, 6) is -23.9. The van der Waals surface area contributed by atoms with Crippen molar-refractivity contribution in [3.8, 4) is 0 Å². The van der Waals surface area contributed by atoms with Gasteiger partial charge in [-0.15, -0.1) is 23.2 Å². The largest absolute Gasteiger partial charge is 0.481 e. The molecule has 2 saturated heterocycles. The van der Waals surface area contributed by atoms with Crippen LogP contribution >= 0.6 is 23.2 Å². The molecule has 1 aromatic heterocycles. The highest BCUT2D eigenvalue weighted by Gasteiger charge is 2.77. The number of likely N-dealkylation sites (tertiary alicyclic amines) is 1. The number of anilines is 1. The van der Waals surface area contributed by atoms with E-state index in [2.05, 4.69) is 0 Å². The number of benzene rings is 1. The molecule has 17 heteroatoms. The topological polar surface area (TPSA) is 145 Å². The first-order valence-electron chi connectivity index (χ1n) is 13.4. The number of carboxylic acid groups (broad SMARTS) is 1. The monoisotopic (exact) mass is 676 g/mol. The number of hydrogen-bond acceptors (Lipinski definition) is 7. The molecule has 4 aliphatic rings. The summed E-state index contributed by atoms with van der Waals surface area (Å²) in [7, 11) is 0. The highest BCUT2D eigenvalue weighted by Crippen LogP contribution is 2.66. The average molecular weight is 677 g/mol. The molecule has 4 amide bonds. The van der Waals surface area contributed by atoms with E-state index in [0.717, 1.165) is 4.90 Å². The third kappa shape index (κ3) is 3.99. The van der Waals surface area contributed by atoms with Gasteiger partial charge in [-0.1, -0.05) is 11.6 Å². The molecule has 1 aromatic carbocycles. The zero-order valence-electron chi connectivity index (χ0n) is 22.5. The number of imide groups is 2. The number of hydrogen-bond donors (Lipinski definition) is 2. The molecule has 2 aliphatic carbocycles. The lowest BCUT2D eigenvalue weighted by atomic mass is 9.57. The van der Waals surface area contributed by atoms with Crippen molar-refractivity contribution in [2.45, 2.75) is 41.5 Å². The molecule has 1 saturated carbocycles. The van der Waals surface area contributed by atoms with Gasteiger partial charge in [0.05, 0.1) is 24.2 Å². The Morgan fingerprint density at radius 2 is 1.56 bits per heavy atom. The molecule has 2 N–H and O–H groups in total. The number of halogens is 7. The fourth-order valence-corrected chi connectivity index (χ4v) is 7.92. The fourth-order valence-electron chi connectivity index (χ4n) is 7.01. The Kier molecular flexibility index (Phi) is 7.17. The smallest absolute Gasteiger partial charge is 0.305 e. The van der Waals surface area contributed by atoms with Crippen molar-refractivity contribution in [2.75, 3.05) is 11.4 Å². The third-order valence-electron chi connectivity index (χ3n) is 8.98. The Bertz CT molecular complexity index is 1740. The number of rotatable bonds is 6. The van der Waals surface area contributed by atoms with Crippen LogP contribution in [0.1, 0.15) is 36.7 Å². The van der Waals surface area contributed by atoms with Crippen molar-refractivity contribution >= 4 is 58.5 Å². The van der Waals surface area contributed by atoms with Gasteiger partial charge in [-0.25, -0.2) is 26.9 Å². The molecule has 0 unspecified atom stereocenters. The first kappa shape index (κ1) is 31.2. The van der Waals surface area contributed by atoms with Gasteiger partial charge in [-0.05, 0) is 30.9 Å². The summed E-state index contributed by atoms with van der Waals surface area (Å²) in [5.41, 5.74) is -1.75. The molecule has 45 heavy (non-hydrogen) atoms. The molecule has 3 fully saturated rings. The summed E-state index contributed by atoms with van der Waals surface area (Å²) < 4.78 is 78.0. The first-order valence-corrected chi connectivity index (χ1v) is 14.1. The number of alkyl halides is 2. The normalized spacial score (nSPS) is 30.9. The molecule has 2 aromatic rings. The van der Waals surface area contributed by atoms with E-state index >= 15 is 0 Å². The highest BCUT2D eigenvalue weighted by atomic mass is 35.5. The standard InChI is InChI=1S/C28H19Cl2F5N2O8/c29-27-7-12-10(2-3-11-15(12)24(42)36(23(11)41)6-5-14(39)40)16(13-4-1-9(8-38)45-13)28(27,30)26(44)37(25(27)43)22-20(34)18(32)17(31)19(33)21(22)35/h1-2,4,11-12,15-16,38H,3,5-8H2,(H,39,40)/t11-,12+,15-,16+,27+,28-/m0/s1. The molecular formula is C28H19Cl2F5N2O8. The van der Waals surface area contributed by atoms with Crippen molar-refractivity contribution in [3.05, 3.63) is 64.4 Å². The Morgan fingerprint density at radius 1 is 0.933 bits per heavy atom. The van der Waals surface area contributed by atoms with Gasteiger partial charge in [-0.2, -0.15) is 0 Å². The van der Waals surface area contributed by atoms with Gasteiger partial charge in [0.2, 0.25) is 17.6 Å². The van der Waals surface area contributed by atoms with Gasteiger partial charge in [0.1, 0.15) is 23.8 Å². The summed E-state index contributed by atoms with van der Waals surface area (Å²) in [6, 6.07) is 2.54. The number of carbonyl (C=O) groups excluding carboxylic acids is 4. The zero-order chi connectivity index (χ0) is 32.9. The molecule has 0 bridgehead atoms. The number of carbonyl (C=O) groups is 5. The van der Waals surface area contributed by atoms with Gasteiger partial charge in [0, 0.05) is 6.54 Å². The number of amides is 4. The van der Waals surface area contributed by atoms with Crippen molar-refractivity contribution < 1.29 is 60.6 Å². The predicted octanol–water partition coefficient (Wildman–Crippen LogP) is 3.51. The van der Waals surface area contributed by atoms with Crippen LogP contribution in [0.3, 0.4) is 0 Å². The van der Waals surface area contributed by atoms with Crippen LogP contribution in [-0.2, 0) is 30.6 Å². The van der Waals surface area contributed by atoms with E-state index in [0.29, 0.717) is 0 Å². The van der Waals surface area contributed by atoms with Crippen LogP contribution in [0.25, 0.3) is 0 Å². The Hall–Kier alpha value is -3.82. The van der Waals surface area contributed by atoms with Crippen LogP contribution in [0.5, 0.6) is 0 Å². The van der Waals surface area contributed by atoms with Crippen molar-refractivity contribution in [1.29, 1.82) is 0 Å². The van der Waals surface area contributed by atoms with Gasteiger partial charge >= 0.3 is 5.97 Å². The van der Waals surface area contributed by atoms with E-state index in [1.165, 1.54) is 18.2 Å². The van der Waals surface area contributed by atoms with E-state index in [1.807, 2.05) is 0 Å². The van der Waals surface area contributed by atoms with Crippen LogP contribution < -0.4 is 4.90 Å². The lowest BCUT2D eigenvalue weighted by Crippen LogP contribution is -2.60. The SMILES string of the molecule is O=C(O)CCN1C(=O)[C@H]2[C@H](CC=C3[C@H]2C[C@@]2(Cl)C(=O)N(c4c(F)c(F)c(F)c(F)c4F)C(=O)[C@@]2(Cl)[C@H]3c2ccc(CO)o2)C1=O. The lowest BCUT2D eigenvalue weighted by Gasteiger charge is -2.49. The minimum atomic E-state index is -2.75. The maximum Gasteiger partial charge on any atom is 0.305 e. The predicted molar refractivity (Wildman–Crippen MR) is 140 cm³/mol. The Balaban J connectivity index is 1.54. The van der Waals surface area contributed by atoms with Crippen molar-refractivity contribution in [3.63, 3.8) is 0 Å². The van der Waals surface area contributed by atoms with E-state index < -0.39 is 124 Å². The van der Waals surface area contributed by atoms with Gasteiger partial charge in [-0.3, -0.25) is 28.9 Å². The number of aliphatic hydroxyl groups excluding tert-OH is 1. The first-order chi connectivity index (χ1) is 21.1. The molecule has 6 rings (SSSR count). The minimum absolute atomic E-state index is 0.0535. The number of fused-ring (bicyclic) bond motifs is 4.